The van der Waals surface area contributed by atoms with Crippen molar-refractivity contribution in [2.75, 3.05) is 13.2 Å². The van der Waals surface area contributed by atoms with E-state index in [4.69, 9.17) is 15.0 Å². The first-order valence-corrected chi connectivity index (χ1v) is 4.03. The zero-order chi connectivity index (χ0) is 8.97. The van der Waals surface area contributed by atoms with Crippen LogP contribution in [0.3, 0.4) is 0 Å². The minimum Gasteiger partial charge on any atom is -0.350 e. The molecular formula is C7H13N3O2. The van der Waals surface area contributed by atoms with Gasteiger partial charge in [-0.05, 0) is 5.53 Å². The van der Waals surface area contributed by atoms with Gasteiger partial charge in [-0.15, -0.1) is 0 Å². The van der Waals surface area contributed by atoms with E-state index >= 15 is 0 Å². The van der Waals surface area contributed by atoms with Crippen LogP contribution in [0.25, 0.3) is 10.4 Å². The lowest BCUT2D eigenvalue weighted by Gasteiger charge is -2.20. The lowest BCUT2D eigenvalue weighted by Crippen LogP contribution is -2.26. The van der Waals surface area contributed by atoms with Gasteiger partial charge in [0.2, 0.25) is 0 Å². The van der Waals surface area contributed by atoms with Gasteiger partial charge in [-0.1, -0.05) is 19.0 Å². The summed E-state index contributed by atoms with van der Waals surface area (Å²) in [4.78, 5) is 2.74. The van der Waals surface area contributed by atoms with E-state index in [1.165, 1.54) is 0 Å². The maximum absolute atomic E-state index is 8.21. The molecule has 2 atom stereocenters. The number of ether oxygens (including phenoxy) is 2. The Morgan fingerprint density at radius 3 is 2.50 bits per heavy atom. The molecule has 0 aromatic rings. The van der Waals surface area contributed by atoms with Crippen molar-refractivity contribution < 1.29 is 9.47 Å². The van der Waals surface area contributed by atoms with Crippen LogP contribution >= 0.6 is 0 Å². The van der Waals surface area contributed by atoms with Crippen molar-refractivity contribution >= 4 is 0 Å². The van der Waals surface area contributed by atoms with Crippen LogP contribution in [0.1, 0.15) is 13.8 Å². The van der Waals surface area contributed by atoms with Crippen molar-refractivity contribution in [3.8, 4) is 0 Å². The minimum atomic E-state index is -0.203. The summed E-state index contributed by atoms with van der Waals surface area (Å²) in [5.74, 6) is 0.114. The molecule has 1 saturated heterocycles. The molecule has 0 spiro atoms. The van der Waals surface area contributed by atoms with Gasteiger partial charge in [0.05, 0.1) is 13.2 Å². The molecule has 0 amide bonds. The maximum atomic E-state index is 8.21. The number of hydrogen-bond acceptors (Lipinski definition) is 3. The SMILES string of the molecule is C[C@H](N=[N+]=[N-])[C@H](C)C1OCCO1. The summed E-state index contributed by atoms with van der Waals surface area (Å²) in [5.41, 5.74) is 8.21. The van der Waals surface area contributed by atoms with Gasteiger partial charge in [0.15, 0.2) is 6.29 Å². The predicted molar refractivity (Wildman–Crippen MR) is 43.5 cm³/mol. The molecule has 1 aliphatic heterocycles. The summed E-state index contributed by atoms with van der Waals surface area (Å²) in [7, 11) is 0. The molecule has 1 aliphatic rings. The number of rotatable bonds is 3. The van der Waals surface area contributed by atoms with E-state index in [9.17, 15) is 0 Å². The van der Waals surface area contributed by atoms with Gasteiger partial charge in [0.1, 0.15) is 0 Å². The first-order chi connectivity index (χ1) is 5.75. The average molecular weight is 171 g/mol. The van der Waals surface area contributed by atoms with E-state index in [0.717, 1.165) is 0 Å². The molecule has 1 heterocycles. The Kier molecular flexibility index (Phi) is 3.34. The van der Waals surface area contributed by atoms with Gasteiger partial charge in [-0.25, -0.2) is 0 Å². The fourth-order valence-corrected chi connectivity index (χ4v) is 1.09. The Morgan fingerprint density at radius 2 is 2.00 bits per heavy atom. The number of hydrogen-bond donors (Lipinski definition) is 0. The zero-order valence-electron chi connectivity index (χ0n) is 7.30. The Hall–Kier alpha value is -0.770. The highest BCUT2D eigenvalue weighted by Gasteiger charge is 2.26. The molecule has 68 valence electrons. The van der Waals surface area contributed by atoms with Gasteiger partial charge in [0.25, 0.3) is 0 Å². The first-order valence-electron chi connectivity index (χ1n) is 4.03. The van der Waals surface area contributed by atoms with E-state index in [0.29, 0.717) is 13.2 Å². The standard InChI is InChI=1S/C7H13N3O2/c1-5(6(2)9-10-8)7-11-3-4-12-7/h5-7H,3-4H2,1-2H3/t5-,6-/m0/s1. The molecule has 1 rings (SSSR count). The topological polar surface area (TPSA) is 67.2 Å². The van der Waals surface area contributed by atoms with Gasteiger partial charge in [-0.3, -0.25) is 0 Å². The van der Waals surface area contributed by atoms with Crippen LogP contribution in [0, 0.1) is 5.92 Å². The van der Waals surface area contributed by atoms with Gasteiger partial charge in [0, 0.05) is 16.9 Å². The van der Waals surface area contributed by atoms with Crippen molar-refractivity contribution in [1.29, 1.82) is 0 Å². The third kappa shape index (κ3) is 2.11. The Bertz CT molecular complexity index is 185. The van der Waals surface area contributed by atoms with Crippen molar-refractivity contribution in [1.82, 2.24) is 0 Å². The maximum Gasteiger partial charge on any atom is 0.160 e. The van der Waals surface area contributed by atoms with Gasteiger partial charge >= 0.3 is 0 Å². The smallest absolute Gasteiger partial charge is 0.160 e. The predicted octanol–water partition coefficient (Wildman–Crippen LogP) is 1.69. The van der Waals surface area contributed by atoms with Crippen LogP contribution in [0.15, 0.2) is 5.11 Å². The Morgan fingerprint density at radius 1 is 1.42 bits per heavy atom. The molecule has 0 unspecified atom stereocenters. The number of nitrogens with zero attached hydrogens (tertiary/aromatic N) is 3. The van der Waals surface area contributed by atoms with E-state index in [1.54, 1.807) is 0 Å². The number of azide groups is 1. The second kappa shape index (κ2) is 4.30. The normalized spacial score (nSPS) is 23.2. The molecule has 1 fully saturated rings. The zero-order valence-corrected chi connectivity index (χ0v) is 7.30. The summed E-state index contributed by atoms with van der Waals surface area (Å²) in [6.07, 6.45) is -0.203. The van der Waals surface area contributed by atoms with Crippen LogP contribution < -0.4 is 0 Å². The molecular weight excluding hydrogens is 158 g/mol. The van der Waals surface area contributed by atoms with E-state index in [-0.39, 0.29) is 18.2 Å². The Balaban J connectivity index is 2.44. The second-order valence-corrected chi connectivity index (χ2v) is 2.91. The average Bonchev–Trinajstić information content (AvgIpc) is 2.55. The summed E-state index contributed by atoms with van der Waals surface area (Å²) < 4.78 is 10.6. The molecule has 5 nitrogen and oxygen atoms in total. The molecule has 0 radical (unpaired) electrons. The van der Waals surface area contributed by atoms with E-state index < -0.39 is 0 Å². The molecule has 0 aromatic heterocycles. The second-order valence-electron chi connectivity index (χ2n) is 2.91. The van der Waals surface area contributed by atoms with Gasteiger partial charge < -0.3 is 9.47 Å². The first kappa shape index (κ1) is 9.32. The van der Waals surface area contributed by atoms with E-state index in [1.807, 2.05) is 13.8 Å². The monoisotopic (exact) mass is 171 g/mol. The van der Waals surface area contributed by atoms with Crippen molar-refractivity contribution in [2.24, 2.45) is 11.0 Å². The fourth-order valence-electron chi connectivity index (χ4n) is 1.09. The third-order valence-corrected chi connectivity index (χ3v) is 2.07. The molecule has 0 saturated carbocycles. The summed E-state index contributed by atoms with van der Waals surface area (Å²) in [6, 6.07) is -0.0851. The molecule has 0 aliphatic carbocycles. The highest BCUT2D eigenvalue weighted by atomic mass is 16.7. The third-order valence-electron chi connectivity index (χ3n) is 2.07. The van der Waals surface area contributed by atoms with Crippen molar-refractivity contribution in [3.05, 3.63) is 10.4 Å². The van der Waals surface area contributed by atoms with Crippen LogP contribution in [0.2, 0.25) is 0 Å². The highest BCUT2D eigenvalue weighted by Crippen LogP contribution is 2.19. The summed E-state index contributed by atoms with van der Waals surface area (Å²) in [6.45, 7) is 5.08. The summed E-state index contributed by atoms with van der Waals surface area (Å²) >= 11 is 0. The fraction of sp³-hybridized carbons (Fsp3) is 1.00. The molecule has 0 N–H and O–H groups in total. The Labute approximate surface area is 71.3 Å². The minimum absolute atomic E-state index is 0.0851. The lowest BCUT2D eigenvalue weighted by atomic mass is 10.0. The van der Waals surface area contributed by atoms with Crippen molar-refractivity contribution in [2.45, 2.75) is 26.2 Å². The molecule has 0 bridgehead atoms. The summed E-state index contributed by atoms with van der Waals surface area (Å²) in [5, 5.41) is 3.59. The molecule has 12 heavy (non-hydrogen) atoms. The lowest BCUT2D eigenvalue weighted by molar-refractivity contribution is -0.0829. The van der Waals surface area contributed by atoms with Crippen molar-refractivity contribution in [3.63, 3.8) is 0 Å². The van der Waals surface area contributed by atoms with Gasteiger partial charge in [-0.2, -0.15) is 0 Å². The molecule has 0 aromatic carbocycles. The largest absolute Gasteiger partial charge is 0.350 e. The quantitative estimate of drug-likeness (QED) is 0.368. The van der Waals surface area contributed by atoms with Crippen LogP contribution in [0.5, 0.6) is 0 Å². The van der Waals surface area contributed by atoms with Crippen LogP contribution in [-0.2, 0) is 9.47 Å². The highest BCUT2D eigenvalue weighted by molar-refractivity contribution is 4.73. The van der Waals surface area contributed by atoms with E-state index in [2.05, 4.69) is 10.0 Å². The van der Waals surface area contributed by atoms with Crippen LogP contribution in [0.4, 0.5) is 0 Å². The van der Waals surface area contributed by atoms with Crippen LogP contribution in [-0.4, -0.2) is 25.5 Å². The molecule has 5 heteroatoms.